The molecule has 0 aromatic carbocycles. The van der Waals surface area contributed by atoms with Crippen molar-refractivity contribution in [1.29, 1.82) is 0 Å². The third kappa shape index (κ3) is 3.33. The van der Waals surface area contributed by atoms with Crippen molar-refractivity contribution in [2.24, 2.45) is 5.92 Å². The number of aliphatic carboxylic acids is 1. The maximum absolute atomic E-state index is 11.0. The summed E-state index contributed by atoms with van der Waals surface area (Å²) in [5.41, 5.74) is 0. The molecule has 1 fully saturated rings. The topological polar surface area (TPSA) is 78.4 Å². The zero-order chi connectivity index (χ0) is 13.8. The molecule has 0 bridgehead atoms. The lowest BCUT2D eigenvalue weighted by atomic mass is 10.1. The lowest BCUT2D eigenvalue weighted by Gasteiger charge is -2.18. The molecule has 2 N–H and O–H groups in total. The summed E-state index contributed by atoms with van der Waals surface area (Å²) in [5.74, 6) is 1.31. The summed E-state index contributed by atoms with van der Waals surface area (Å²) in [6, 6.07) is 1.90. The van der Waals surface area contributed by atoms with Crippen molar-refractivity contribution in [2.45, 2.75) is 26.7 Å². The predicted molar refractivity (Wildman–Crippen MR) is 73.5 cm³/mol. The monoisotopic (exact) mass is 264 g/mol. The maximum Gasteiger partial charge on any atom is 0.308 e. The van der Waals surface area contributed by atoms with Crippen LogP contribution in [-0.2, 0) is 4.79 Å². The number of aryl methyl sites for hydroxylation is 1. The molecule has 0 aliphatic carbocycles. The Kier molecular flexibility index (Phi) is 4.19. The molecule has 19 heavy (non-hydrogen) atoms. The van der Waals surface area contributed by atoms with E-state index in [0.29, 0.717) is 18.8 Å². The van der Waals surface area contributed by atoms with Gasteiger partial charge >= 0.3 is 5.97 Å². The minimum atomic E-state index is -0.724. The highest BCUT2D eigenvalue weighted by molar-refractivity contribution is 5.72. The van der Waals surface area contributed by atoms with Crippen molar-refractivity contribution in [1.82, 2.24) is 9.97 Å². The lowest BCUT2D eigenvalue weighted by Crippen LogP contribution is -2.24. The molecular weight excluding hydrogens is 244 g/mol. The van der Waals surface area contributed by atoms with Gasteiger partial charge in [-0.15, -0.1) is 0 Å². The predicted octanol–water partition coefficient (Wildman–Crippen LogP) is 1.52. The molecular formula is C13H20N4O2. The molecule has 2 rings (SSSR count). The summed E-state index contributed by atoms with van der Waals surface area (Å²) in [6.45, 7) is 6.08. The van der Waals surface area contributed by atoms with Crippen molar-refractivity contribution < 1.29 is 9.90 Å². The van der Waals surface area contributed by atoms with Gasteiger partial charge in [0.15, 0.2) is 0 Å². The van der Waals surface area contributed by atoms with Crippen LogP contribution in [0.2, 0.25) is 0 Å². The van der Waals surface area contributed by atoms with Crippen molar-refractivity contribution >= 4 is 17.6 Å². The van der Waals surface area contributed by atoms with Gasteiger partial charge in [0.2, 0.25) is 0 Å². The molecule has 2 heterocycles. The molecule has 1 aliphatic heterocycles. The largest absolute Gasteiger partial charge is 0.481 e. The van der Waals surface area contributed by atoms with Gasteiger partial charge in [0, 0.05) is 25.7 Å². The zero-order valence-electron chi connectivity index (χ0n) is 11.4. The van der Waals surface area contributed by atoms with Crippen molar-refractivity contribution in [3.63, 3.8) is 0 Å². The number of carbonyl (C=O) groups is 1. The Morgan fingerprint density at radius 3 is 3.00 bits per heavy atom. The average molecular weight is 264 g/mol. The second-order valence-electron chi connectivity index (χ2n) is 4.86. The van der Waals surface area contributed by atoms with E-state index in [1.54, 1.807) is 0 Å². The number of hydrogen-bond donors (Lipinski definition) is 2. The smallest absolute Gasteiger partial charge is 0.308 e. The SMILES string of the molecule is CCCNc1cc(N2CCC(C(=O)O)C2)nc(C)n1. The van der Waals surface area contributed by atoms with Gasteiger partial charge in [0.25, 0.3) is 0 Å². The molecule has 1 aliphatic rings. The first-order valence-electron chi connectivity index (χ1n) is 6.67. The fourth-order valence-corrected chi connectivity index (χ4v) is 2.23. The van der Waals surface area contributed by atoms with Crippen LogP contribution in [0.25, 0.3) is 0 Å². The minimum absolute atomic E-state index is 0.290. The Balaban J connectivity index is 2.11. The molecule has 1 saturated heterocycles. The molecule has 0 amide bonds. The van der Waals surface area contributed by atoms with Crippen molar-refractivity contribution in [3.8, 4) is 0 Å². The summed E-state index contributed by atoms with van der Waals surface area (Å²) in [5, 5.41) is 12.3. The number of nitrogens with zero attached hydrogens (tertiary/aromatic N) is 3. The highest BCUT2D eigenvalue weighted by Crippen LogP contribution is 2.24. The summed E-state index contributed by atoms with van der Waals surface area (Å²) in [6.07, 6.45) is 1.71. The molecule has 6 heteroatoms. The highest BCUT2D eigenvalue weighted by Gasteiger charge is 2.29. The van der Waals surface area contributed by atoms with Crippen molar-refractivity contribution in [2.75, 3.05) is 29.9 Å². The van der Waals surface area contributed by atoms with Crippen LogP contribution in [0.15, 0.2) is 6.07 Å². The van der Waals surface area contributed by atoms with Gasteiger partial charge in [-0.1, -0.05) is 6.92 Å². The van der Waals surface area contributed by atoms with E-state index in [1.165, 1.54) is 0 Å². The zero-order valence-corrected chi connectivity index (χ0v) is 11.4. The number of nitrogens with one attached hydrogen (secondary N) is 1. The first-order chi connectivity index (χ1) is 9.10. The number of rotatable bonds is 5. The van der Waals surface area contributed by atoms with Gasteiger partial charge in [0.1, 0.15) is 17.5 Å². The number of carboxylic acids is 1. The molecule has 1 aromatic heterocycles. The fraction of sp³-hybridized carbons (Fsp3) is 0.615. The Morgan fingerprint density at radius 1 is 1.58 bits per heavy atom. The number of hydrogen-bond acceptors (Lipinski definition) is 5. The van der Waals surface area contributed by atoms with E-state index in [9.17, 15) is 4.79 Å². The first-order valence-corrected chi connectivity index (χ1v) is 6.67. The molecule has 6 nitrogen and oxygen atoms in total. The van der Waals surface area contributed by atoms with Gasteiger partial charge in [0.05, 0.1) is 5.92 Å². The molecule has 0 saturated carbocycles. The lowest BCUT2D eigenvalue weighted by molar-refractivity contribution is -0.140. The Hall–Kier alpha value is -1.85. The van der Waals surface area contributed by atoms with Gasteiger partial charge in [-0.2, -0.15) is 0 Å². The summed E-state index contributed by atoms with van der Waals surface area (Å²) < 4.78 is 0. The van der Waals surface area contributed by atoms with Crippen LogP contribution in [0, 0.1) is 12.8 Å². The van der Waals surface area contributed by atoms with E-state index in [0.717, 1.165) is 31.1 Å². The van der Waals surface area contributed by atoms with Gasteiger partial charge in [-0.05, 0) is 19.8 Å². The number of aromatic nitrogens is 2. The van der Waals surface area contributed by atoms with Crippen LogP contribution in [-0.4, -0.2) is 40.7 Å². The molecule has 1 unspecified atom stereocenters. The van der Waals surface area contributed by atoms with Crippen LogP contribution in [0.1, 0.15) is 25.6 Å². The normalized spacial score (nSPS) is 18.6. The van der Waals surface area contributed by atoms with E-state index in [4.69, 9.17) is 5.11 Å². The van der Waals surface area contributed by atoms with E-state index < -0.39 is 5.97 Å². The molecule has 0 radical (unpaired) electrons. The molecule has 0 spiro atoms. The third-order valence-electron chi connectivity index (χ3n) is 3.24. The van der Waals surface area contributed by atoms with Crippen LogP contribution >= 0.6 is 0 Å². The molecule has 1 aromatic rings. The average Bonchev–Trinajstić information content (AvgIpc) is 2.85. The highest BCUT2D eigenvalue weighted by atomic mass is 16.4. The molecule has 104 valence electrons. The summed E-state index contributed by atoms with van der Waals surface area (Å²) in [4.78, 5) is 21.7. The van der Waals surface area contributed by atoms with E-state index in [2.05, 4.69) is 22.2 Å². The van der Waals surface area contributed by atoms with Gasteiger partial charge in [-0.25, -0.2) is 9.97 Å². The summed E-state index contributed by atoms with van der Waals surface area (Å²) in [7, 11) is 0. The minimum Gasteiger partial charge on any atom is -0.481 e. The fourth-order valence-electron chi connectivity index (χ4n) is 2.23. The quantitative estimate of drug-likeness (QED) is 0.839. The number of anilines is 2. The van der Waals surface area contributed by atoms with Gasteiger partial charge < -0.3 is 15.3 Å². The van der Waals surface area contributed by atoms with E-state index >= 15 is 0 Å². The second-order valence-corrected chi connectivity index (χ2v) is 4.86. The van der Waals surface area contributed by atoms with Crippen LogP contribution in [0.5, 0.6) is 0 Å². The summed E-state index contributed by atoms with van der Waals surface area (Å²) >= 11 is 0. The van der Waals surface area contributed by atoms with Crippen molar-refractivity contribution in [3.05, 3.63) is 11.9 Å². The van der Waals surface area contributed by atoms with Crippen LogP contribution < -0.4 is 10.2 Å². The third-order valence-corrected chi connectivity index (χ3v) is 3.24. The van der Waals surface area contributed by atoms with Crippen LogP contribution in [0.3, 0.4) is 0 Å². The van der Waals surface area contributed by atoms with Crippen LogP contribution in [0.4, 0.5) is 11.6 Å². The number of carboxylic acid groups (broad SMARTS) is 1. The van der Waals surface area contributed by atoms with E-state index in [1.807, 2.05) is 17.9 Å². The standard InChI is InChI=1S/C13H20N4O2/c1-3-5-14-11-7-12(16-9(2)15-11)17-6-4-10(8-17)13(18)19/h7,10H,3-6,8H2,1-2H3,(H,18,19)(H,14,15,16). The Bertz CT molecular complexity index is 464. The Morgan fingerprint density at radius 2 is 2.37 bits per heavy atom. The van der Waals surface area contributed by atoms with E-state index in [-0.39, 0.29) is 5.92 Å². The second kappa shape index (κ2) is 5.86. The maximum atomic E-state index is 11.0. The first kappa shape index (κ1) is 13.6. The molecule has 1 atom stereocenters. The Labute approximate surface area is 112 Å². The van der Waals surface area contributed by atoms with Gasteiger partial charge in [-0.3, -0.25) is 4.79 Å².